The second kappa shape index (κ2) is 6.83. The zero-order valence-corrected chi connectivity index (χ0v) is 15.9. The number of rotatable bonds is 4. The molecule has 0 spiro atoms. The van der Waals surface area contributed by atoms with Gasteiger partial charge in [-0.05, 0) is 36.2 Å². The van der Waals surface area contributed by atoms with Crippen LogP contribution >= 0.6 is 0 Å². The summed E-state index contributed by atoms with van der Waals surface area (Å²) in [6.45, 7) is -0.197. The average Bonchev–Trinajstić information content (AvgIpc) is 3.14. The van der Waals surface area contributed by atoms with E-state index in [4.69, 9.17) is 4.74 Å². The molecule has 4 rings (SSSR count). The number of methoxy groups -OCH3 is 1. The van der Waals surface area contributed by atoms with Gasteiger partial charge in [-0.3, -0.25) is 18.8 Å². The minimum Gasteiger partial charge on any atom is -0.482 e. The monoisotopic (exact) mass is 402 g/mol. The Hall–Kier alpha value is -3.07. The standard InChI is InChI=1S/C19H18N2O6S/c1-26-19(23)11-20-16-10-14(6-7-17(16)27-12-18(20)22)28(24,25)21-9-8-13-4-2-3-5-15(13)21/h2-7,10H,8-9,11-12H2,1H3. The van der Waals surface area contributed by atoms with Gasteiger partial charge in [0.05, 0.1) is 23.4 Å². The summed E-state index contributed by atoms with van der Waals surface area (Å²) in [5, 5.41) is 0. The first-order chi connectivity index (χ1) is 13.4. The van der Waals surface area contributed by atoms with Crippen LogP contribution in [0.4, 0.5) is 11.4 Å². The number of benzene rings is 2. The van der Waals surface area contributed by atoms with Crippen molar-refractivity contribution in [2.45, 2.75) is 11.3 Å². The lowest BCUT2D eigenvalue weighted by Gasteiger charge is -2.29. The van der Waals surface area contributed by atoms with Crippen molar-refractivity contribution in [3.63, 3.8) is 0 Å². The van der Waals surface area contributed by atoms with Crippen molar-refractivity contribution in [3.05, 3.63) is 48.0 Å². The second-order valence-corrected chi connectivity index (χ2v) is 8.29. The number of carbonyl (C=O) groups is 2. The number of fused-ring (bicyclic) bond motifs is 2. The fourth-order valence-corrected chi connectivity index (χ4v) is 4.92. The molecule has 0 atom stereocenters. The molecule has 1 amide bonds. The SMILES string of the molecule is COC(=O)CN1C(=O)COc2ccc(S(=O)(=O)N3CCc4ccccc43)cc21. The van der Waals surface area contributed by atoms with Gasteiger partial charge in [-0.15, -0.1) is 0 Å². The first kappa shape index (κ1) is 18.3. The lowest BCUT2D eigenvalue weighted by molar-refractivity contribution is -0.140. The molecule has 146 valence electrons. The average molecular weight is 402 g/mol. The highest BCUT2D eigenvalue weighted by molar-refractivity contribution is 7.92. The summed E-state index contributed by atoms with van der Waals surface area (Å²) >= 11 is 0. The van der Waals surface area contributed by atoms with Crippen LogP contribution in [0.25, 0.3) is 0 Å². The van der Waals surface area contributed by atoms with Crippen molar-refractivity contribution in [3.8, 4) is 5.75 Å². The Morgan fingerprint density at radius 3 is 2.75 bits per heavy atom. The number of sulfonamides is 1. The molecular formula is C19H18N2O6S. The second-order valence-electron chi connectivity index (χ2n) is 6.43. The van der Waals surface area contributed by atoms with Crippen molar-refractivity contribution in [1.29, 1.82) is 0 Å². The zero-order valence-electron chi connectivity index (χ0n) is 15.1. The minimum atomic E-state index is -3.84. The van der Waals surface area contributed by atoms with Gasteiger partial charge in [-0.1, -0.05) is 18.2 Å². The number of ether oxygens (including phenoxy) is 2. The number of amides is 1. The molecule has 2 aromatic rings. The molecule has 2 aliphatic rings. The summed E-state index contributed by atoms with van der Waals surface area (Å²) in [6.07, 6.45) is 0.635. The summed E-state index contributed by atoms with van der Waals surface area (Å²) in [5.74, 6) is -0.717. The molecule has 2 heterocycles. The molecule has 2 aromatic carbocycles. The van der Waals surface area contributed by atoms with Crippen LogP contribution in [-0.2, 0) is 30.8 Å². The van der Waals surface area contributed by atoms with E-state index in [-0.39, 0.29) is 23.7 Å². The van der Waals surface area contributed by atoms with E-state index in [1.54, 1.807) is 12.1 Å². The first-order valence-electron chi connectivity index (χ1n) is 8.66. The topological polar surface area (TPSA) is 93.2 Å². The van der Waals surface area contributed by atoms with Gasteiger partial charge in [-0.25, -0.2) is 8.42 Å². The van der Waals surface area contributed by atoms with Gasteiger partial charge >= 0.3 is 5.97 Å². The maximum absolute atomic E-state index is 13.2. The third kappa shape index (κ3) is 2.97. The van der Waals surface area contributed by atoms with Crippen LogP contribution in [0, 0.1) is 0 Å². The molecule has 0 aliphatic carbocycles. The van der Waals surface area contributed by atoms with Gasteiger partial charge in [0.15, 0.2) is 6.61 Å². The van der Waals surface area contributed by atoms with E-state index < -0.39 is 21.9 Å². The van der Waals surface area contributed by atoms with Crippen molar-refractivity contribution in [1.82, 2.24) is 0 Å². The summed E-state index contributed by atoms with van der Waals surface area (Å²) < 4.78 is 37.9. The number of anilines is 2. The van der Waals surface area contributed by atoms with Crippen LogP contribution in [0.2, 0.25) is 0 Å². The quantitative estimate of drug-likeness (QED) is 0.717. The first-order valence-corrected chi connectivity index (χ1v) is 10.1. The molecule has 0 N–H and O–H groups in total. The van der Waals surface area contributed by atoms with Crippen LogP contribution in [-0.4, -0.2) is 47.1 Å². The Bertz CT molecular complexity index is 1070. The minimum absolute atomic E-state index is 0.0242. The molecule has 0 unspecified atom stereocenters. The normalized spacial score (nSPS) is 15.7. The molecule has 0 saturated carbocycles. The van der Waals surface area contributed by atoms with E-state index in [1.165, 1.54) is 34.5 Å². The molecule has 9 heteroatoms. The Labute approximate surface area is 162 Å². The molecular weight excluding hydrogens is 384 g/mol. The van der Waals surface area contributed by atoms with Gasteiger partial charge in [0.1, 0.15) is 12.3 Å². The van der Waals surface area contributed by atoms with Crippen LogP contribution in [0.5, 0.6) is 5.75 Å². The van der Waals surface area contributed by atoms with Crippen molar-refractivity contribution >= 4 is 33.3 Å². The van der Waals surface area contributed by atoms with Gasteiger partial charge in [0.25, 0.3) is 15.9 Å². The lowest BCUT2D eigenvalue weighted by atomic mass is 10.2. The Kier molecular flexibility index (Phi) is 4.46. The van der Waals surface area contributed by atoms with E-state index >= 15 is 0 Å². The van der Waals surface area contributed by atoms with Gasteiger partial charge < -0.3 is 9.47 Å². The zero-order chi connectivity index (χ0) is 19.9. The molecule has 0 bridgehead atoms. The highest BCUT2D eigenvalue weighted by Crippen LogP contribution is 2.37. The van der Waals surface area contributed by atoms with Crippen molar-refractivity contribution < 1.29 is 27.5 Å². The summed E-state index contributed by atoms with van der Waals surface area (Å²) in [5.41, 5.74) is 1.85. The Balaban J connectivity index is 1.74. The van der Waals surface area contributed by atoms with Crippen LogP contribution in [0.3, 0.4) is 0 Å². The largest absolute Gasteiger partial charge is 0.482 e. The molecule has 0 fully saturated rings. The van der Waals surface area contributed by atoms with E-state index in [1.807, 2.05) is 12.1 Å². The maximum Gasteiger partial charge on any atom is 0.325 e. The lowest BCUT2D eigenvalue weighted by Crippen LogP contribution is -2.42. The number of para-hydroxylation sites is 1. The van der Waals surface area contributed by atoms with Crippen LogP contribution in [0.15, 0.2) is 47.4 Å². The van der Waals surface area contributed by atoms with E-state index in [0.717, 1.165) is 5.56 Å². The fraction of sp³-hybridized carbons (Fsp3) is 0.263. The highest BCUT2D eigenvalue weighted by Gasteiger charge is 2.33. The summed E-state index contributed by atoms with van der Waals surface area (Å²) in [4.78, 5) is 25.1. The molecule has 28 heavy (non-hydrogen) atoms. The Morgan fingerprint density at radius 1 is 1.18 bits per heavy atom. The van der Waals surface area contributed by atoms with E-state index in [2.05, 4.69) is 4.74 Å². The fourth-order valence-electron chi connectivity index (χ4n) is 3.39. The summed E-state index contributed by atoms with van der Waals surface area (Å²) in [6, 6.07) is 11.7. The number of nitrogens with zero attached hydrogens (tertiary/aromatic N) is 2. The molecule has 2 aliphatic heterocycles. The number of carbonyl (C=O) groups excluding carboxylic acids is 2. The third-order valence-corrected chi connectivity index (χ3v) is 6.63. The predicted molar refractivity (Wildman–Crippen MR) is 101 cm³/mol. The van der Waals surface area contributed by atoms with Crippen molar-refractivity contribution in [2.24, 2.45) is 0 Å². The van der Waals surface area contributed by atoms with Crippen LogP contribution in [0.1, 0.15) is 5.56 Å². The third-order valence-electron chi connectivity index (χ3n) is 4.82. The number of hydrogen-bond donors (Lipinski definition) is 0. The van der Waals surface area contributed by atoms with Crippen LogP contribution < -0.4 is 13.9 Å². The molecule has 0 radical (unpaired) electrons. The highest BCUT2D eigenvalue weighted by atomic mass is 32.2. The van der Waals surface area contributed by atoms with Gasteiger partial charge in [-0.2, -0.15) is 0 Å². The van der Waals surface area contributed by atoms with Crippen molar-refractivity contribution in [2.75, 3.05) is 36.0 Å². The van der Waals surface area contributed by atoms with Gasteiger partial charge in [0, 0.05) is 6.54 Å². The Morgan fingerprint density at radius 2 is 1.96 bits per heavy atom. The smallest absolute Gasteiger partial charge is 0.325 e. The molecule has 0 aromatic heterocycles. The number of hydrogen-bond acceptors (Lipinski definition) is 6. The summed E-state index contributed by atoms with van der Waals surface area (Å²) in [7, 11) is -2.61. The maximum atomic E-state index is 13.2. The molecule has 0 saturated heterocycles. The number of esters is 1. The van der Waals surface area contributed by atoms with E-state index in [9.17, 15) is 18.0 Å². The van der Waals surface area contributed by atoms with Gasteiger partial charge in [0.2, 0.25) is 0 Å². The van der Waals surface area contributed by atoms with E-state index in [0.29, 0.717) is 24.4 Å². The predicted octanol–water partition coefficient (Wildman–Crippen LogP) is 1.34. The molecule has 8 nitrogen and oxygen atoms in total.